The van der Waals surface area contributed by atoms with Crippen LogP contribution in [0.15, 0.2) is 24.3 Å². The number of carbonyl (C=O) groups is 1. The van der Waals surface area contributed by atoms with Crippen molar-refractivity contribution in [3.8, 4) is 0 Å². The minimum atomic E-state index is -0.531. The van der Waals surface area contributed by atoms with Crippen LogP contribution in [0.5, 0.6) is 0 Å². The van der Waals surface area contributed by atoms with E-state index in [0.29, 0.717) is 29.5 Å². The molecule has 0 saturated carbocycles. The third-order valence-electron chi connectivity index (χ3n) is 4.86. The second kappa shape index (κ2) is 6.90. The van der Waals surface area contributed by atoms with Crippen molar-refractivity contribution in [1.29, 1.82) is 0 Å². The van der Waals surface area contributed by atoms with Gasteiger partial charge in [-0.15, -0.1) is 11.3 Å². The smallest absolute Gasteiger partial charge is 0.348 e. The summed E-state index contributed by atoms with van der Waals surface area (Å²) in [7, 11) is 0. The molecule has 3 aromatic rings. The molecule has 1 aliphatic carbocycles. The molecule has 2 heterocycles. The van der Waals surface area contributed by atoms with Gasteiger partial charge in [-0.05, 0) is 37.5 Å². The van der Waals surface area contributed by atoms with Crippen molar-refractivity contribution >= 4 is 33.3 Å². The van der Waals surface area contributed by atoms with Gasteiger partial charge in [0.15, 0.2) is 0 Å². The minimum Gasteiger partial charge on any atom is -0.462 e. The Morgan fingerprint density at radius 2 is 2.11 bits per heavy atom. The maximum absolute atomic E-state index is 12.3. The van der Waals surface area contributed by atoms with Crippen LogP contribution < -0.4 is 5.32 Å². The number of aliphatic hydroxyl groups excluding tert-OH is 1. The Morgan fingerprint density at radius 1 is 1.33 bits per heavy atom. The molecule has 6 nitrogen and oxygen atoms in total. The fraction of sp³-hybridized carbons (Fsp3) is 0.350. The van der Waals surface area contributed by atoms with Crippen molar-refractivity contribution in [2.45, 2.75) is 39.3 Å². The van der Waals surface area contributed by atoms with Gasteiger partial charge in [0.2, 0.25) is 0 Å². The third-order valence-corrected chi connectivity index (χ3v) is 6.02. The van der Waals surface area contributed by atoms with E-state index >= 15 is 0 Å². The van der Waals surface area contributed by atoms with Gasteiger partial charge >= 0.3 is 5.97 Å². The Morgan fingerprint density at radius 3 is 2.89 bits per heavy atom. The molecular formula is C20H21N3O3S. The Bertz CT molecular complexity index is 1030. The fourth-order valence-corrected chi connectivity index (χ4v) is 4.76. The number of thiophene rings is 1. The van der Waals surface area contributed by atoms with Gasteiger partial charge in [0.05, 0.1) is 24.1 Å². The zero-order chi connectivity index (χ0) is 19.1. The van der Waals surface area contributed by atoms with Gasteiger partial charge in [0.1, 0.15) is 21.3 Å². The molecule has 27 heavy (non-hydrogen) atoms. The number of benzene rings is 1. The number of rotatable bonds is 4. The molecule has 0 saturated heterocycles. The molecule has 2 aromatic heterocycles. The van der Waals surface area contributed by atoms with Crippen LogP contribution in [-0.4, -0.2) is 33.8 Å². The topological polar surface area (TPSA) is 84.3 Å². The van der Waals surface area contributed by atoms with Crippen molar-refractivity contribution in [1.82, 2.24) is 9.97 Å². The first-order chi connectivity index (χ1) is 13.0. The number of anilines is 1. The SMILES string of the molecule is CCOC(=O)c1sc2nc(C)nc(N[C@@H]3c4ccccc4C[C@@H]3O)c2c1C. The van der Waals surface area contributed by atoms with Crippen molar-refractivity contribution in [2.24, 2.45) is 0 Å². The van der Waals surface area contributed by atoms with E-state index in [0.717, 1.165) is 26.9 Å². The van der Waals surface area contributed by atoms with Gasteiger partial charge in [-0.2, -0.15) is 0 Å². The van der Waals surface area contributed by atoms with E-state index < -0.39 is 6.10 Å². The quantitative estimate of drug-likeness (QED) is 0.670. The van der Waals surface area contributed by atoms with Crippen LogP contribution in [0, 0.1) is 13.8 Å². The molecule has 0 fully saturated rings. The summed E-state index contributed by atoms with van der Waals surface area (Å²) >= 11 is 1.32. The van der Waals surface area contributed by atoms with Crippen molar-refractivity contribution in [3.05, 3.63) is 51.7 Å². The Balaban J connectivity index is 1.79. The predicted molar refractivity (Wildman–Crippen MR) is 105 cm³/mol. The molecule has 0 bridgehead atoms. The molecule has 2 N–H and O–H groups in total. The molecule has 0 spiro atoms. The molecule has 0 aliphatic heterocycles. The number of esters is 1. The fourth-order valence-electron chi connectivity index (χ4n) is 3.64. The molecule has 2 atom stereocenters. The lowest BCUT2D eigenvalue weighted by atomic mass is 10.1. The number of aliphatic hydroxyl groups is 1. The Hall–Kier alpha value is -2.51. The van der Waals surface area contributed by atoms with Gasteiger partial charge in [-0.25, -0.2) is 14.8 Å². The first kappa shape index (κ1) is 17.9. The lowest BCUT2D eigenvalue weighted by molar-refractivity contribution is 0.0531. The number of nitrogens with one attached hydrogen (secondary N) is 1. The summed E-state index contributed by atoms with van der Waals surface area (Å²) in [6, 6.07) is 7.77. The molecule has 140 valence electrons. The van der Waals surface area contributed by atoms with E-state index in [-0.39, 0.29) is 12.0 Å². The highest BCUT2D eigenvalue weighted by Gasteiger charge is 2.32. The van der Waals surface area contributed by atoms with Crippen molar-refractivity contribution in [3.63, 3.8) is 0 Å². The highest BCUT2D eigenvalue weighted by molar-refractivity contribution is 7.20. The molecule has 0 unspecified atom stereocenters. The Labute approximate surface area is 161 Å². The lowest BCUT2D eigenvalue weighted by Crippen LogP contribution is -2.22. The van der Waals surface area contributed by atoms with Crippen LogP contribution in [0.3, 0.4) is 0 Å². The molecule has 1 aliphatic rings. The maximum Gasteiger partial charge on any atom is 0.348 e. The summed E-state index contributed by atoms with van der Waals surface area (Å²) in [5, 5.41) is 14.8. The second-order valence-electron chi connectivity index (χ2n) is 6.67. The monoisotopic (exact) mass is 383 g/mol. The summed E-state index contributed by atoms with van der Waals surface area (Å²) in [5.41, 5.74) is 3.02. The average Bonchev–Trinajstić information content (AvgIpc) is 3.12. The number of fused-ring (bicyclic) bond motifs is 2. The maximum atomic E-state index is 12.3. The number of carbonyl (C=O) groups excluding carboxylic acids is 1. The zero-order valence-corrected chi connectivity index (χ0v) is 16.3. The van der Waals surface area contributed by atoms with E-state index in [4.69, 9.17) is 4.74 Å². The van der Waals surface area contributed by atoms with Crippen LogP contribution in [0.25, 0.3) is 10.2 Å². The summed E-state index contributed by atoms with van der Waals surface area (Å²) < 4.78 is 5.17. The normalized spacial score (nSPS) is 18.5. The summed E-state index contributed by atoms with van der Waals surface area (Å²) in [4.78, 5) is 22.6. The minimum absolute atomic E-state index is 0.246. The van der Waals surface area contributed by atoms with E-state index in [1.807, 2.05) is 38.1 Å². The molecule has 1 aromatic carbocycles. The summed E-state index contributed by atoms with van der Waals surface area (Å²) in [6.07, 6.45) is 0.0776. The number of hydrogen-bond acceptors (Lipinski definition) is 7. The van der Waals surface area contributed by atoms with E-state index in [2.05, 4.69) is 15.3 Å². The first-order valence-electron chi connectivity index (χ1n) is 8.96. The highest BCUT2D eigenvalue weighted by atomic mass is 32.1. The molecule has 0 radical (unpaired) electrons. The average molecular weight is 383 g/mol. The van der Waals surface area contributed by atoms with Gasteiger partial charge in [0.25, 0.3) is 0 Å². The van der Waals surface area contributed by atoms with Gasteiger partial charge in [-0.1, -0.05) is 24.3 Å². The van der Waals surface area contributed by atoms with Crippen molar-refractivity contribution in [2.75, 3.05) is 11.9 Å². The third kappa shape index (κ3) is 3.07. The molecular weight excluding hydrogens is 362 g/mol. The van der Waals surface area contributed by atoms with Gasteiger partial charge in [-0.3, -0.25) is 0 Å². The van der Waals surface area contributed by atoms with Crippen LogP contribution >= 0.6 is 11.3 Å². The number of hydrogen-bond donors (Lipinski definition) is 2. The van der Waals surface area contributed by atoms with Crippen LogP contribution in [0.2, 0.25) is 0 Å². The molecule has 4 rings (SSSR count). The van der Waals surface area contributed by atoms with Gasteiger partial charge in [0, 0.05) is 6.42 Å². The number of aromatic nitrogens is 2. The highest BCUT2D eigenvalue weighted by Crippen LogP contribution is 2.38. The standard InChI is InChI=1S/C20H21N3O3S/c1-4-26-20(25)17-10(2)15-18(21-11(3)22-19(15)27-17)23-16-13-8-6-5-7-12(13)9-14(16)24/h5-8,14,16,24H,4,9H2,1-3H3,(H,21,22,23)/t14-,16+/m0/s1. The molecule has 7 heteroatoms. The Kier molecular flexibility index (Phi) is 4.57. The zero-order valence-electron chi connectivity index (χ0n) is 15.4. The van der Waals surface area contributed by atoms with Crippen LogP contribution in [0.4, 0.5) is 5.82 Å². The van der Waals surface area contributed by atoms with Gasteiger partial charge < -0.3 is 15.2 Å². The number of ether oxygens (including phenoxy) is 1. The number of aryl methyl sites for hydroxylation is 2. The first-order valence-corrected chi connectivity index (χ1v) is 9.78. The van der Waals surface area contributed by atoms with E-state index in [1.54, 1.807) is 6.92 Å². The predicted octanol–water partition coefficient (Wildman–Crippen LogP) is 3.56. The van der Waals surface area contributed by atoms with Crippen LogP contribution in [-0.2, 0) is 11.2 Å². The summed E-state index contributed by atoms with van der Waals surface area (Å²) in [5.74, 6) is 0.915. The molecule has 0 amide bonds. The largest absolute Gasteiger partial charge is 0.462 e. The summed E-state index contributed by atoms with van der Waals surface area (Å²) in [6.45, 7) is 5.82. The van der Waals surface area contributed by atoms with E-state index in [1.165, 1.54) is 11.3 Å². The van der Waals surface area contributed by atoms with Crippen LogP contribution in [0.1, 0.15) is 45.2 Å². The van der Waals surface area contributed by atoms with Crippen molar-refractivity contribution < 1.29 is 14.6 Å². The number of nitrogens with zero attached hydrogens (tertiary/aromatic N) is 2. The lowest BCUT2D eigenvalue weighted by Gasteiger charge is -2.19. The van der Waals surface area contributed by atoms with E-state index in [9.17, 15) is 9.90 Å². The second-order valence-corrected chi connectivity index (χ2v) is 7.67.